The molecule has 0 radical (unpaired) electrons. The molecule has 226 valence electrons. The molecule has 1 fully saturated rings. The van der Waals surface area contributed by atoms with Crippen LogP contribution in [0, 0.1) is 0 Å². The molecule has 8 nitrogen and oxygen atoms in total. The highest BCUT2D eigenvalue weighted by Crippen LogP contribution is 2.34. The second-order valence-corrected chi connectivity index (χ2v) is 16.2. The maximum absolute atomic E-state index is 13.4. The summed E-state index contributed by atoms with van der Waals surface area (Å²) < 4.78 is 34.8. The molecule has 0 bridgehead atoms. The van der Waals surface area contributed by atoms with Gasteiger partial charge in [0.2, 0.25) is 15.9 Å². The second-order valence-electron chi connectivity index (χ2n) is 12.4. The highest BCUT2D eigenvalue weighted by Gasteiger charge is 2.39. The number of nitrogens with zero attached hydrogens (tertiary/aromatic N) is 1. The molecule has 1 aliphatic heterocycles. The van der Waals surface area contributed by atoms with Crippen molar-refractivity contribution in [2.75, 3.05) is 19.6 Å². The van der Waals surface area contributed by atoms with E-state index >= 15 is 0 Å². The number of carbonyl (C=O) groups is 2. The van der Waals surface area contributed by atoms with Crippen molar-refractivity contribution in [1.82, 2.24) is 14.9 Å². The molecule has 3 rings (SSSR count). The van der Waals surface area contributed by atoms with Crippen LogP contribution in [-0.4, -0.2) is 66.6 Å². The van der Waals surface area contributed by atoms with Gasteiger partial charge >= 0.3 is 6.09 Å². The lowest BCUT2D eigenvalue weighted by molar-refractivity contribution is -0.130. The van der Waals surface area contributed by atoms with Crippen molar-refractivity contribution in [3.63, 3.8) is 0 Å². The fourth-order valence-electron chi connectivity index (χ4n) is 4.63. The van der Waals surface area contributed by atoms with Crippen LogP contribution in [0.2, 0.25) is 0 Å². The van der Waals surface area contributed by atoms with Crippen LogP contribution in [0.5, 0.6) is 0 Å². The largest absolute Gasteiger partial charge is 0.444 e. The molecule has 1 saturated heterocycles. The number of rotatable bonds is 11. The fraction of sp³-hybridized carbons (Fsp3) is 0.548. The molecule has 2 aromatic rings. The molecule has 1 aliphatic rings. The van der Waals surface area contributed by atoms with E-state index < -0.39 is 21.7 Å². The third kappa shape index (κ3) is 11.0. The molecule has 0 aliphatic carbocycles. The molecule has 0 unspecified atom stereocenters. The number of likely N-dealkylation sites (tertiary alicyclic amines) is 1. The molecular formula is C31H45N3O5S2. The van der Waals surface area contributed by atoms with E-state index in [1.807, 2.05) is 63.2 Å². The molecule has 10 heteroatoms. The van der Waals surface area contributed by atoms with E-state index in [1.165, 1.54) is 0 Å². The summed E-state index contributed by atoms with van der Waals surface area (Å²) in [5.41, 5.74) is 1.44. The summed E-state index contributed by atoms with van der Waals surface area (Å²) in [6.07, 6.45) is 2.20. The zero-order chi connectivity index (χ0) is 30.3. The number of unbranched alkanes of at least 4 members (excludes halogenated alkanes) is 2. The molecular weight excluding hydrogens is 558 g/mol. The van der Waals surface area contributed by atoms with Crippen LogP contribution in [0.25, 0.3) is 11.1 Å². The maximum atomic E-state index is 13.4. The SMILES string of the molecule is CC(C)(C)OC(=O)NCCCCCC(=O)N1C[C@H](NS(=O)(=O)c2ccc(-c3ccccc3)cc2)[C@@H](SC(C)(C)C)C1. The molecule has 0 spiro atoms. The number of thioether (sulfide) groups is 1. The number of nitrogens with one attached hydrogen (secondary N) is 2. The summed E-state index contributed by atoms with van der Waals surface area (Å²) in [6.45, 7) is 13.1. The van der Waals surface area contributed by atoms with E-state index in [4.69, 9.17) is 4.74 Å². The van der Waals surface area contributed by atoms with Crippen LogP contribution in [0.3, 0.4) is 0 Å². The van der Waals surface area contributed by atoms with Crippen molar-refractivity contribution in [3.8, 4) is 11.1 Å². The van der Waals surface area contributed by atoms with Gasteiger partial charge in [-0.15, -0.1) is 11.8 Å². The Labute approximate surface area is 250 Å². The Morgan fingerprint density at radius 1 is 0.902 bits per heavy atom. The topological polar surface area (TPSA) is 105 Å². The lowest BCUT2D eigenvalue weighted by Gasteiger charge is -2.26. The van der Waals surface area contributed by atoms with Crippen LogP contribution in [0.4, 0.5) is 4.79 Å². The number of alkyl carbamates (subject to hydrolysis) is 1. The Balaban J connectivity index is 1.55. The highest BCUT2D eigenvalue weighted by molar-refractivity contribution is 8.01. The fourth-order valence-corrected chi connectivity index (χ4v) is 7.46. The van der Waals surface area contributed by atoms with Gasteiger partial charge in [0.1, 0.15) is 5.60 Å². The number of hydrogen-bond acceptors (Lipinski definition) is 6. The van der Waals surface area contributed by atoms with Gasteiger partial charge in [-0.3, -0.25) is 4.79 Å². The minimum Gasteiger partial charge on any atom is -0.444 e. The minimum absolute atomic E-state index is 0.0264. The summed E-state index contributed by atoms with van der Waals surface area (Å²) in [7, 11) is -3.77. The van der Waals surface area contributed by atoms with Crippen molar-refractivity contribution in [2.24, 2.45) is 0 Å². The number of benzene rings is 2. The smallest absolute Gasteiger partial charge is 0.407 e. The summed E-state index contributed by atoms with van der Waals surface area (Å²) in [5.74, 6) is 0.0264. The average molecular weight is 604 g/mol. The predicted octanol–water partition coefficient (Wildman–Crippen LogP) is 5.83. The first-order valence-electron chi connectivity index (χ1n) is 14.2. The normalized spacial score (nSPS) is 17.9. The Morgan fingerprint density at radius 3 is 2.15 bits per heavy atom. The Morgan fingerprint density at radius 2 is 1.54 bits per heavy atom. The standard InChI is InChI=1S/C31H45N3O5S2/c1-30(2,3)39-29(36)32-20-12-8-11-15-28(35)34-21-26(27(22-34)40-31(4,5)6)33-41(37,38)25-18-16-24(17-19-25)23-13-9-7-10-14-23/h7,9-10,13-14,16-19,26-27,33H,8,11-12,15,20-22H2,1-6H3,(H,32,36)/t26-,27-/m0/s1. The first kappa shape index (κ1) is 32.9. The van der Waals surface area contributed by atoms with E-state index in [0.717, 1.165) is 24.0 Å². The van der Waals surface area contributed by atoms with Gasteiger partial charge in [0.15, 0.2) is 0 Å². The Bertz CT molecular complexity index is 1250. The van der Waals surface area contributed by atoms with E-state index in [-0.39, 0.29) is 26.8 Å². The van der Waals surface area contributed by atoms with Crippen LogP contribution in [-0.2, 0) is 19.6 Å². The molecule has 2 amide bonds. The van der Waals surface area contributed by atoms with Gasteiger partial charge in [-0.25, -0.2) is 17.9 Å². The number of sulfonamides is 1. The minimum atomic E-state index is -3.77. The number of amides is 2. The molecule has 0 saturated carbocycles. The number of carbonyl (C=O) groups excluding carboxylic acids is 2. The van der Waals surface area contributed by atoms with E-state index in [9.17, 15) is 18.0 Å². The molecule has 2 aromatic carbocycles. The van der Waals surface area contributed by atoms with Crippen molar-refractivity contribution in [3.05, 3.63) is 54.6 Å². The Hall–Kier alpha value is -2.56. The first-order valence-corrected chi connectivity index (χ1v) is 16.6. The zero-order valence-electron chi connectivity index (χ0n) is 25.1. The van der Waals surface area contributed by atoms with Crippen molar-refractivity contribution in [1.29, 1.82) is 0 Å². The summed E-state index contributed by atoms with van der Waals surface area (Å²) >= 11 is 1.70. The molecule has 41 heavy (non-hydrogen) atoms. The second kappa shape index (κ2) is 14.1. The quantitative estimate of drug-likeness (QED) is 0.313. The van der Waals surface area contributed by atoms with Gasteiger partial charge in [-0.1, -0.05) is 69.7 Å². The monoisotopic (exact) mass is 603 g/mol. The molecule has 2 atom stereocenters. The van der Waals surface area contributed by atoms with Crippen LogP contribution in [0.15, 0.2) is 59.5 Å². The van der Waals surface area contributed by atoms with Gasteiger partial charge in [0, 0.05) is 36.1 Å². The molecule has 1 heterocycles. The van der Waals surface area contributed by atoms with Gasteiger partial charge in [0.05, 0.1) is 10.9 Å². The van der Waals surface area contributed by atoms with E-state index in [0.29, 0.717) is 32.5 Å². The van der Waals surface area contributed by atoms with Gasteiger partial charge < -0.3 is 15.0 Å². The third-order valence-electron chi connectivity index (χ3n) is 6.44. The number of hydrogen-bond donors (Lipinski definition) is 2. The lowest BCUT2D eigenvalue weighted by Crippen LogP contribution is -2.43. The van der Waals surface area contributed by atoms with Crippen LogP contribution < -0.4 is 10.0 Å². The lowest BCUT2D eigenvalue weighted by atomic mass is 10.1. The Kier molecular flexibility index (Phi) is 11.3. The summed E-state index contributed by atoms with van der Waals surface area (Å²) in [6, 6.07) is 16.3. The summed E-state index contributed by atoms with van der Waals surface area (Å²) in [4.78, 5) is 26.8. The molecule has 0 aromatic heterocycles. The predicted molar refractivity (Wildman–Crippen MR) is 166 cm³/mol. The average Bonchev–Trinajstić information content (AvgIpc) is 3.25. The first-order chi connectivity index (χ1) is 19.1. The van der Waals surface area contributed by atoms with Gasteiger partial charge in [-0.2, -0.15) is 0 Å². The van der Waals surface area contributed by atoms with E-state index in [2.05, 4.69) is 30.8 Å². The van der Waals surface area contributed by atoms with Crippen LogP contribution in [0.1, 0.15) is 67.2 Å². The summed E-state index contributed by atoms with van der Waals surface area (Å²) in [5, 5.41) is 2.68. The van der Waals surface area contributed by atoms with Gasteiger partial charge in [0.25, 0.3) is 0 Å². The van der Waals surface area contributed by atoms with Crippen molar-refractivity contribution >= 4 is 33.8 Å². The van der Waals surface area contributed by atoms with E-state index in [1.54, 1.807) is 28.8 Å². The van der Waals surface area contributed by atoms with Gasteiger partial charge in [-0.05, 0) is 56.9 Å². The molecule has 2 N–H and O–H groups in total. The third-order valence-corrected chi connectivity index (χ3v) is 9.43. The zero-order valence-corrected chi connectivity index (χ0v) is 26.7. The van der Waals surface area contributed by atoms with Crippen molar-refractivity contribution < 1.29 is 22.7 Å². The highest BCUT2D eigenvalue weighted by atomic mass is 32.2. The maximum Gasteiger partial charge on any atom is 0.407 e. The van der Waals surface area contributed by atoms with Crippen LogP contribution >= 0.6 is 11.8 Å². The van der Waals surface area contributed by atoms with Crippen molar-refractivity contribution in [2.45, 2.75) is 93.8 Å². The number of ether oxygens (including phenoxy) is 1.